The monoisotopic (exact) mass is 429 g/mol. The highest BCUT2D eigenvalue weighted by atomic mass is 32.2. The van der Waals surface area contributed by atoms with Crippen molar-refractivity contribution in [3.63, 3.8) is 0 Å². The van der Waals surface area contributed by atoms with Crippen molar-refractivity contribution in [3.8, 4) is 0 Å². The van der Waals surface area contributed by atoms with Crippen molar-refractivity contribution in [1.82, 2.24) is 9.62 Å². The molecule has 1 aliphatic rings. The molecule has 1 heterocycles. The van der Waals surface area contributed by atoms with Crippen LogP contribution in [-0.2, 0) is 32.6 Å². The predicted octanol–water partition coefficient (Wildman–Crippen LogP) is 1.82. The van der Waals surface area contributed by atoms with Gasteiger partial charge >= 0.3 is 0 Å². The highest BCUT2D eigenvalue weighted by molar-refractivity contribution is 7.89. The summed E-state index contributed by atoms with van der Waals surface area (Å²) in [6, 6.07) is 15.9. The number of hydrogen-bond acceptors (Lipinski definition) is 4. The third-order valence-electron chi connectivity index (χ3n) is 5.42. The number of nitrogens with zero attached hydrogens (tertiary/aromatic N) is 1. The van der Waals surface area contributed by atoms with Gasteiger partial charge in [-0.1, -0.05) is 42.5 Å². The molecule has 0 unspecified atom stereocenters. The van der Waals surface area contributed by atoms with E-state index in [9.17, 15) is 18.0 Å². The Balaban J connectivity index is 1.49. The number of rotatable bonds is 8. The molecular weight excluding hydrogens is 402 g/mol. The van der Waals surface area contributed by atoms with Crippen molar-refractivity contribution in [1.29, 1.82) is 0 Å². The van der Waals surface area contributed by atoms with E-state index < -0.39 is 10.0 Å². The first-order valence-corrected chi connectivity index (χ1v) is 11.5. The van der Waals surface area contributed by atoms with Crippen molar-refractivity contribution in [3.05, 3.63) is 65.7 Å². The zero-order valence-electron chi connectivity index (χ0n) is 16.8. The number of benzene rings is 2. The van der Waals surface area contributed by atoms with Crippen molar-refractivity contribution in [2.24, 2.45) is 11.7 Å². The first-order valence-electron chi connectivity index (χ1n) is 10.0. The van der Waals surface area contributed by atoms with E-state index in [-0.39, 0.29) is 29.2 Å². The summed E-state index contributed by atoms with van der Waals surface area (Å²) in [5.74, 6) is -0.395. The van der Waals surface area contributed by atoms with Gasteiger partial charge in [-0.3, -0.25) is 9.59 Å². The number of primary amides is 1. The molecule has 2 aromatic carbocycles. The van der Waals surface area contributed by atoms with Crippen LogP contribution in [0.1, 0.15) is 30.4 Å². The third kappa shape index (κ3) is 5.90. The fourth-order valence-electron chi connectivity index (χ4n) is 3.52. The van der Waals surface area contributed by atoms with Crippen LogP contribution in [0.15, 0.2) is 59.5 Å². The molecule has 0 spiro atoms. The smallest absolute Gasteiger partial charge is 0.240 e. The molecule has 2 amide bonds. The Bertz CT molecular complexity index is 967. The summed E-state index contributed by atoms with van der Waals surface area (Å²) in [5, 5.41) is 0. The summed E-state index contributed by atoms with van der Waals surface area (Å²) in [6.07, 6.45) is 2.11. The van der Waals surface area contributed by atoms with E-state index >= 15 is 0 Å². The number of carbonyl (C=O) groups excluding carboxylic acids is 2. The van der Waals surface area contributed by atoms with E-state index in [1.165, 1.54) is 0 Å². The van der Waals surface area contributed by atoms with E-state index in [0.717, 1.165) is 11.1 Å². The van der Waals surface area contributed by atoms with Crippen LogP contribution in [0, 0.1) is 5.92 Å². The SMILES string of the molecule is NC(=O)C1CCN(C(=O)CCc2ccc(S(=O)(=O)NCc3ccccc3)cc2)CC1. The van der Waals surface area contributed by atoms with Crippen molar-refractivity contribution < 1.29 is 18.0 Å². The highest BCUT2D eigenvalue weighted by Gasteiger charge is 2.25. The molecule has 8 heteroatoms. The van der Waals surface area contributed by atoms with Gasteiger partial charge in [0, 0.05) is 32.0 Å². The number of piperidine rings is 1. The summed E-state index contributed by atoms with van der Waals surface area (Å²) in [6.45, 7) is 1.33. The molecule has 0 aromatic heterocycles. The van der Waals surface area contributed by atoms with Crippen LogP contribution in [0.4, 0.5) is 0 Å². The summed E-state index contributed by atoms with van der Waals surface area (Å²) in [5.41, 5.74) is 7.11. The first kappa shape index (κ1) is 22.0. The molecule has 7 nitrogen and oxygen atoms in total. The lowest BCUT2D eigenvalue weighted by Gasteiger charge is -2.30. The number of likely N-dealkylation sites (tertiary alicyclic amines) is 1. The Hall–Kier alpha value is -2.71. The maximum atomic E-state index is 12.5. The summed E-state index contributed by atoms with van der Waals surface area (Å²) in [7, 11) is -3.60. The highest BCUT2D eigenvalue weighted by Crippen LogP contribution is 2.18. The van der Waals surface area contributed by atoms with Crippen molar-refractivity contribution in [2.45, 2.75) is 37.1 Å². The molecule has 1 saturated heterocycles. The number of nitrogens with two attached hydrogens (primary N) is 1. The molecule has 3 N–H and O–H groups in total. The average Bonchev–Trinajstić information content (AvgIpc) is 2.77. The topological polar surface area (TPSA) is 110 Å². The van der Waals surface area contributed by atoms with Crippen LogP contribution in [0.25, 0.3) is 0 Å². The Labute approximate surface area is 177 Å². The summed E-state index contributed by atoms with van der Waals surface area (Å²) < 4.78 is 27.5. The zero-order chi connectivity index (χ0) is 21.6. The van der Waals surface area contributed by atoms with Crippen LogP contribution < -0.4 is 10.5 Å². The van der Waals surface area contributed by atoms with Gasteiger partial charge < -0.3 is 10.6 Å². The van der Waals surface area contributed by atoms with Gasteiger partial charge in [0.2, 0.25) is 21.8 Å². The fourth-order valence-corrected chi connectivity index (χ4v) is 4.53. The Kier molecular flexibility index (Phi) is 7.23. The Morgan fingerprint density at radius 2 is 1.60 bits per heavy atom. The third-order valence-corrected chi connectivity index (χ3v) is 6.84. The van der Waals surface area contributed by atoms with Gasteiger partial charge in [0.15, 0.2) is 0 Å². The fraction of sp³-hybridized carbons (Fsp3) is 0.364. The number of carbonyl (C=O) groups is 2. The summed E-state index contributed by atoms with van der Waals surface area (Å²) in [4.78, 5) is 25.6. The number of sulfonamides is 1. The summed E-state index contributed by atoms with van der Waals surface area (Å²) >= 11 is 0. The second-order valence-electron chi connectivity index (χ2n) is 7.51. The largest absolute Gasteiger partial charge is 0.369 e. The second-order valence-corrected chi connectivity index (χ2v) is 9.28. The van der Waals surface area contributed by atoms with E-state index in [1.54, 1.807) is 29.2 Å². The van der Waals surface area contributed by atoms with Crippen molar-refractivity contribution in [2.75, 3.05) is 13.1 Å². The standard InChI is InChI=1S/C22H27N3O4S/c23-22(27)19-12-14-25(15-13-19)21(26)11-8-17-6-9-20(10-7-17)30(28,29)24-16-18-4-2-1-3-5-18/h1-7,9-10,19,24H,8,11-16H2,(H2,23,27). The molecule has 0 radical (unpaired) electrons. The lowest BCUT2D eigenvalue weighted by Crippen LogP contribution is -2.41. The molecule has 0 aliphatic carbocycles. The van der Waals surface area contributed by atoms with E-state index in [0.29, 0.717) is 38.8 Å². The quantitative estimate of drug-likeness (QED) is 0.667. The van der Waals surface area contributed by atoms with E-state index in [1.807, 2.05) is 30.3 Å². The van der Waals surface area contributed by atoms with Gasteiger partial charge in [0.1, 0.15) is 0 Å². The van der Waals surface area contributed by atoms with Gasteiger partial charge in [0.25, 0.3) is 0 Å². The molecule has 2 aromatic rings. The minimum atomic E-state index is -3.60. The lowest BCUT2D eigenvalue weighted by atomic mass is 9.96. The molecule has 1 fully saturated rings. The Morgan fingerprint density at radius 1 is 0.967 bits per heavy atom. The molecule has 30 heavy (non-hydrogen) atoms. The average molecular weight is 430 g/mol. The minimum Gasteiger partial charge on any atom is -0.369 e. The van der Waals surface area contributed by atoms with Crippen molar-refractivity contribution >= 4 is 21.8 Å². The Morgan fingerprint density at radius 3 is 2.20 bits per heavy atom. The molecule has 0 saturated carbocycles. The first-order chi connectivity index (χ1) is 14.3. The second kappa shape index (κ2) is 9.86. The van der Waals surface area contributed by atoms with Crippen LogP contribution >= 0.6 is 0 Å². The number of amides is 2. The van der Waals surface area contributed by atoms with Crippen LogP contribution in [0.5, 0.6) is 0 Å². The van der Waals surface area contributed by atoms with Crippen LogP contribution in [0.3, 0.4) is 0 Å². The van der Waals surface area contributed by atoms with Crippen LogP contribution in [-0.4, -0.2) is 38.2 Å². The molecule has 3 rings (SSSR count). The molecule has 1 aliphatic heterocycles. The van der Waals surface area contributed by atoms with Gasteiger partial charge in [-0.2, -0.15) is 0 Å². The minimum absolute atomic E-state index is 0.0409. The zero-order valence-corrected chi connectivity index (χ0v) is 17.6. The normalized spacial score (nSPS) is 15.1. The number of aryl methyl sites for hydroxylation is 1. The molecule has 0 bridgehead atoms. The van der Waals surface area contributed by atoms with Gasteiger partial charge in [0.05, 0.1) is 4.90 Å². The van der Waals surface area contributed by atoms with Gasteiger partial charge in [-0.05, 0) is 42.5 Å². The molecular formula is C22H27N3O4S. The van der Waals surface area contributed by atoms with E-state index in [4.69, 9.17) is 5.73 Å². The predicted molar refractivity (Wildman–Crippen MR) is 114 cm³/mol. The lowest BCUT2D eigenvalue weighted by molar-refractivity contribution is -0.134. The molecule has 0 atom stereocenters. The van der Waals surface area contributed by atoms with Gasteiger partial charge in [-0.25, -0.2) is 13.1 Å². The number of hydrogen-bond donors (Lipinski definition) is 2. The van der Waals surface area contributed by atoms with E-state index in [2.05, 4.69) is 4.72 Å². The maximum absolute atomic E-state index is 12.5. The van der Waals surface area contributed by atoms with Crippen LogP contribution in [0.2, 0.25) is 0 Å². The molecule has 160 valence electrons. The maximum Gasteiger partial charge on any atom is 0.240 e. The number of nitrogens with one attached hydrogen (secondary N) is 1. The van der Waals surface area contributed by atoms with Gasteiger partial charge in [-0.15, -0.1) is 0 Å².